The second-order valence-corrected chi connectivity index (χ2v) is 9.10. The molecule has 2 saturated heterocycles. The number of carbonyl (C=O) groups excluding carboxylic acids is 2. The lowest BCUT2D eigenvalue weighted by Gasteiger charge is -2.35. The van der Waals surface area contributed by atoms with Gasteiger partial charge in [-0.05, 0) is 20.8 Å². The van der Waals surface area contributed by atoms with Gasteiger partial charge in [0, 0.05) is 19.6 Å². The van der Waals surface area contributed by atoms with Gasteiger partial charge in [-0.3, -0.25) is 9.80 Å². The summed E-state index contributed by atoms with van der Waals surface area (Å²) in [5.74, 6) is -0.818. The highest BCUT2D eigenvalue weighted by molar-refractivity contribution is 7.92. The molecule has 10 heteroatoms. The van der Waals surface area contributed by atoms with E-state index in [9.17, 15) is 18.0 Å². The number of hydrogen-bond donors (Lipinski definition) is 1. The fourth-order valence-corrected chi connectivity index (χ4v) is 4.06. The third kappa shape index (κ3) is 4.81. The third-order valence-corrected chi connectivity index (χ3v) is 5.64. The van der Waals surface area contributed by atoms with E-state index in [4.69, 9.17) is 9.47 Å². The summed E-state index contributed by atoms with van der Waals surface area (Å²) in [6.07, 6.45) is -0.609. The van der Waals surface area contributed by atoms with Crippen LogP contribution in [0.25, 0.3) is 0 Å². The molecule has 1 atom stereocenters. The van der Waals surface area contributed by atoms with Crippen LogP contribution in [0.3, 0.4) is 0 Å². The first-order valence-electron chi connectivity index (χ1n) is 7.92. The third-order valence-electron chi connectivity index (χ3n) is 3.67. The number of nitrogens with zero attached hydrogens (tertiary/aromatic N) is 2. The number of hydrogen-bond acceptors (Lipinski definition) is 7. The van der Waals surface area contributed by atoms with Crippen LogP contribution in [0.15, 0.2) is 0 Å². The zero-order valence-corrected chi connectivity index (χ0v) is 15.1. The molecule has 2 aliphatic heterocycles. The molecule has 2 rings (SSSR count). The maximum absolute atomic E-state index is 12.6. The molecule has 0 aromatic carbocycles. The quantitative estimate of drug-likeness (QED) is 0.662. The minimum Gasteiger partial charge on any atom is -0.444 e. The minimum atomic E-state index is -3.62. The van der Waals surface area contributed by atoms with Gasteiger partial charge in [0.2, 0.25) is 0 Å². The molecule has 138 valence electrons. The summed E-state index contributed by atoms with van der Waals surface area (Å²) in [6.45, 7) is 6.49. The topological polar surface area (TPSA) is 105 Å². The largest absolute Gasteiger partial charge is 0.444 e. The molecule has 0 aliphatic carbocycles. The molecule has 0 aromatic heterocycles. The summed E-state index contributed by atoms with van der Waals surface area (Å²) in [7, 11) is -3.62. The average Bonchev–Trinajstić information content (AvgIpc) is 2.73. The van der Waals surface area contributed by atoms with E-state index >= 15 is 0 Å². The number of rotatable bonds is 1. The second kappa shape index (κ2) is 7.24. The fraction of sp³-hybridized carbons (Fsp3) is 0.857. The highest BCUT2D eigenvalue weighted by atomic mass is 32.2. The van der Waals surface area contributed by atoms with Crippen molar-refractivity contribution in [3.63, 3.8) is 0 Å². The molecule has 1 N–H and O–H groups in total. The maximum Gasteiger partial charge on any atom is 0.410 e. The van der Waals surface area contributed by atoms with Crippen molar-refractivity contribution in [3.8, 4) is 0 Å². The zero-order chi connectivity index (χ0) is 18.0. The fourth-order valence-electron chi connectivity index (χ4n) is 2.46. The number of carbonyl (C=O) groups is 2. The van der Waals surface area contributed by atoms with E-state index < -0.39 is 32.7 Å². The molecular formula is C14H25N3O6S. The monoisotopic (exact) mass is 363 g/mol. The van der Waals surface area contributed by atoms with Gasteiger partial charge in [0.05, 0.1) is 25.5 Å². The molecule has 2 aliphatic rings. The standard InChI is InChI=1S/C14H25N3O6S/c1-14(2,3)23-13(19)16-6-9-24(20,21)11(10-16)12(18)17-5-8-22-7-4-15-17/h11,15H,4-10H2,1-3H3. The Morgan fingerprint density at radius 2 is 1.92 bits per heavy atom. The van der Waals surface area contributed by atoms with Crippen LogP contribution in [0.2, 0.25) is 0 Å². The number of amides is 2. The van der Waals surface area contributed by atoms with E-state index in [-0.39, 0.29) is 25.4 Å². The van der Waals surface area contributed by atoms with Gasteiger partial charge in [0.1, 0.15) is 5.60 Å². The van der Waals surface area contributed by atoms with Crippen molar-refractivity contribution in [2.45, 2.75) is 31.6 Å². The molecule has 1 unspecified atom stereocenters. The average molecular weight is 363 g/mol. The molecule has 2 heterocycles. The van der Waals surface area contributed by atoms with Crippen LogP contribution in [0, 0.1) is 0 Å². The Morgan fingerprint density at radius 3 is 2.58 bits per heavy atom. The number of sulfone groups is 1. The lowest BCUT2D eigenvalue weighted by molar-refractivity contribution is -0.134. The van der Waals surface area contributed by atoms with Crippen LogP contribution in [-0.4, -0.2) is 86.3 Å². The van der Waals surface area contributed by atoms with Gasteiger partial charge in [-0.15, -0.1) is 0 Å². The van der Waals surface area contributed by atoms with Crippen molar-refractivity contribution >= 4 is 21.8 Å². The van der Waals surface area contributed by atoms with Gasteiger partial charge in [-0.2, -0.15) is 0 Å². The Labute approximate surface area is 142 Å². The minimum absolute atomic E-state index is 0.0254. The van der Waals surface area contributed by atoms with Gasteiger partial charge in [0.25, 0.3) is 5.91 Å². The first kappa shape index (κ1) is 18.9. The maximum atomic E-state index is 12.6. The van der Waals surface area contributed by atoms with Crippen LogP contribution in [0.4, 0.5) is 4.79 Å². The lowest BCUT2D eigenvalue weighted by atomic mass is 10.2. The molecule has 0 spiro atoms. The van der Waals surface area contributed by atoms with E-state index in [0.29, 0.717) is 19.8 Å². The highest BCUT2D eigenvalue weighted by Gasteiger charge is 2.42. The summed E-state index contributed by atoms with van der Waals surface area (Å²) >= 11 is 0. The summed E-state index contributed by atoms with van der Waals surface area (Å²) in [5.41, 5.74) is 2.17. The predicted molar refractivity (Wildman–Crippen MR) is 85.9 cm³/mol. The first-order valence-corrected chi connectivity index (χ1v) is 9.64. The molecule has 24 heavy (non-hydrogen) atoms. The zero-order valence-electron chi connectivity index (χ0n) is 14.3. The SMILES string of the molecule is CC(C)(C)OC(=O)N1CCS(=O)(=O)C(C(=O)N2CCOCCN2)C1. The number of ether oxygens (including phenoxy) is 2. The first-order chi connectivity index (χ1) is 11.1. The van der Waals surface area contributed by atoms with Crippen molar-refractivity contribution in [3.05, 3.63) is 0 Å². The molecule has 0 aromatic rings. The van der Waals surface area contributed by atoms with E-state index in [0.717, 1.165) is 0 Å². The van der Waals surface area contributed by atoms with E-state index in [1.807, 2.05) is 0 Å². The second-order valence-electron chi connectivity index (χ2n) is 6.79. The molecule has 9 nitrogen and oxygen atoms in total. The Morgan fingerprint density at radius 1 is 1.21 bits per heavy atom. The van der Waals surface area contributed by atoms with Crippen LogP contribution in [0.1, 0.15) is 20.8 Å². The molecule has 0 bridgehead atoms. The molecule has 2 fully saturated rings. The van der Waals surface area contributed by atoms with Gasteiger partial charge < -0.3 is 14.4 Å². The molecule has 2 amide bonds. The molecule has 0 saturated carbocycles. The van der Waals surface area contributed by atoms with E-state index in [2.05, 4.69) is 5.43 Å². The lowest BCUT2D eigenvalue weighted by Crippen LogP contribution is -2.58. The van der Waals surface area contributed by atoms with Crippen molar-refractivity contribution < 1.29 is 27.5 Å². The molecule has 0 radical (unpaired) electrons. The highest BCUT2D eigenvalue weighted by Crippen LogP contribution is 2.18. The summed E-state index contributed by atoms with van der Waals surface area (Å²) < 4.78 is 35.1. The van der Waals surface area contributed by atoms with Crippen LogP contribution in [0.5, 0.6) is 0 Å². The van der Waals surface area contributed by atoms with Crippen molar-refractivity contribution in [1.82, 2.24) is 15.3 Å². The van der Waals surface area contributed by atoms with Gasteiger partial charge >= 0.3 is 6.09 Å². The Kier molecular flexibility index (Phi) is 5.71. The van der Waals surface area contributed by atoms with Crippen LogP contribution < -0.4 is 5.43 Å². The Balaban J connectivity index is 2.10. The summed E-state index contributed by atoms with van der Waals surface area (Å²) in [4.78, 5) is 26.1. The van der Waals surface area contributed by atoms with E-state index in [1.54, 1.807) is 20.8 Å². The Bertz CT molecular complexity index is 578. The number of nitrogens with one attached hydrogen (secondary N) is 1. The summed E-state index contributed by atoms with van der Waals surface area (Å²) in [6, 6.07) is 0. The predicted octanol–water partition coefficient (Wildman–Crippen LogP) is -0.616. The van der Waals surface area contributed by atoms with Crippen LogP contribution in [-0.2, 0) is 24.1 Å². The summed E-state index contributed by atoms with van der Waals surface area (Å²) in [5, 5.41) is -0.0160. The van der Waals surface area contributed by atoms with E-state index in [1.165, 1.54) is 9.91 Å². The Hall–Kier alpha value is -1.39. The van der Waals surface area contributed by atoms with Gasteiger partial charge in [-0.1, -0.05) is 0 Å². The molecular weight excluding hydrogens is 338 g/mol. The van der Waals surface area contributed by atoms with Crippen LogP contribution >= 0.6 is 0 Å². The number of hydrazine groups is 1. The van der Waals surface area contributed by atoms with Crippen molar-refractivity contribution in [1.29, 1.82) is 0 Å². The normalized spacial score (nSPS) is 25.0. The van der Waals surface area contributed by atoms with Gasteiger partial charge in [-0.25, -0.2) is 18.6 Å². The van der Waals surface area contributed by atoms with Gasteiger partial charge in [0.15, 0.2) is 15.1 Å². The van der Waals surface area contributed by atoms with Crippen molar-refractivity contribution in [2.75, 3.05) is 45.1 Å². The smallest absolute Gasteiger partial charge is 0.410 e. The van der Waals surface area contributed by atoms with Crippen molar-refractivity contribution in [2.24, 2.45) is 0 Å².